The number of carbonyl (C=O) groups is 1. The number of ether oxygens (including phenoxy) is 1. The van der Waals surface area contributed by atoms with Crippen LogP contribution in [0, 0.1) is 0 Å². The minimum absolute atomic E-state index is 0.108. The van der Waals surface area contributed by atoms with Gasteiger partial charge in [0.2, 0.25) is 0 Å². The molecule has 0 bridgehead atoms. The maximum absolute atomic E-state index is 12.9. The van der Waals surface area contributed by atoms with E-state index in [2.05, 4.69) is 10.5 Å². The van der Waals surface area contributed by atoms with Crippen molar-refractivity contribution >= 4 is 22.9 Å². The zero-order valence-electron chi connectivity index (χ0n) is 22.0. The number of aromatic hydroxyl groups is 1. The van der Waals surface area contributed by atoms with E-state index in [0.717, 1.165) is 33.3 Å². The summed E-state index contributed by atoms with van der Waals surface area (Å²) in [7, 11) is 0. The Morgan fingerprint density at radius 3 is 2.24 bits per heavy atom. The maximum atomic E-state index is 12.9. The molecule has 1 heterocycles. The summed E-state index contributed by atoms with van der Waals surface area (Å²) in [5.41, 5.74) is 6.93. The van der Waals surface area contributed by atoms with Crippen LogP contribution in [0.2, 0.25) is 0 Å². The zero-order valence-corrected chi connectivity index (χ0v) is 22.0. The van der Waals surface area contributed by atoms with Gasteiger partial charge in [-0.2, -0.15) is 10.2 Å². The number of hydrogen-bond acceptors (Lipinski definition) is 5. The monoisotopic (exact) mass is 538 g/mol. The molecule has 1 amide bonds. The van der Waals surface area contributed by atoms with E-state index in [0.29, 0.717) is 17.9 Å². The Labute approximate surface area is 237 Å². The van der Waals surface area contributed by atoms with E-state index in [4.69, 9.17) is 9.84 Å². The number of para-hydroxylation sites is 1. The third-order valence-electron chi connectivity index (χ3n) is 6.62. The van der Waals surface area contributed by atoms with Gasteiger partial charge in [-0.3, -0.25) is 4.79 Å². The van der Waals surface area contributed by atoms with Gasteiger partial charge >= 0.3 is 0 Å². The second-order valence-corrected chi connectivity index (χ2v) is 9.43. The van der Waals surface area contributed by atoms with E-state index in [-0.39, 0.29) is 11.3 Å². The molecular formula is C34H26N4O3. The molecule has 2 N–H and O–H groups in total. The molecule has 7 nitrogen and oxygen atoms in total. The van der Waals surface area contributed by atoms with Gasteiger partial charge in [0.05, 0.1) is 17.5 Å². The first kappa shape index (κ1) is 25.6. The number of phenolic OH excluding ortho intramolecular Hbond substituents is 1. The van der Waals surface area contributed by atoms with Crippen LogP contribution in [0.5, 0.6) is 11.5 Å². The van der Waals surface area contributed by atoms with Gasteiger partial charge < -0.3 is 9.84 Å². The SMILES string of the molecule is O=C(N/N=C/c1cn(-c2ccccc2)nc1-c1ccc(OCc2ccccc2)cc1)c1cc2ccccc2cc1O. The minimum atomic E-state index is -0.513. The van der Waals surface area contributed by atoms with Gasteiger partial charge in [0.25, 0.3) is 5.91 Å². The third-order valence-corrected chi connectivity index (χ3v) is 6.62. The van der Waals surface area contributed by atoms with Crippen LogP contribution in [0.15, 0.2) is 133 Å². The fourth-order valence-electron chi connectivity index (χ4n) is 4.50. The fraction of sp³-hybridized carbons (Fsp3) is 0.0294. The molecular weight excluding hydrogens is 512 g/mol. The van der Waals surface area contributed by atoms with Gasteiger partial charge in [0.1, 0.15) is 23.8 Å². The Kier molecular flexibility index (Phi) is 7.23. The molecule has 7 heteroatoms. The molecule has 41 heavy (non-hydrogen) atoms. The first-order chi connectivity index (χ1) is 20.1. The van der Waals surface area contributed by atoms with Crippen molar-refractivity contribution in [1.82, 2.24) is 15.2 Å². The van der Waals surface area contributed by atoms with E-state index in [9.17, 15) is 9.90 Å². The number of nitrogens with zero attached hydrogens (tertiary/aromatic N) is 3. The predicted octanol–water partition coefficient (Wildman–Crippen LogP) is 6.74. The molecule has 0 aliphatic heterocycles. The lowest BCUT2D eigenvalue weighted by atomic mass is 10.1. The third kappa shape index (κ3) is 5.84. The number of hydrogen-bond donors (Lipinski definition) is 2. The highest BCUT2D eigenvalue weighted by atomic mass is 16.5. The molecule has 6 aromatic rings. The summed E-state index contributed by atoms with van der Waals surface area (Å²) in [6.07, 6.45) is 3.41. The molecule has 0 unspecified atom stereocenters. The smallest absolute Gasteiger partial charge is 0.275 e. The summed E-state index contributed by atoms with van der Waals surface area (Å²) in [5, 5.41) is 21.1. The van der Waals surface area contributed by atoms with Crippen molar-refractivity contribution in [2.24, 2.45) is 5.10 Å². The zero-order chi connectivity index (χ0) is 28.0. The molecule has 1 aromatic heterocycles. The fourth-order valence-corrected chi connectivity index (χ4v) is 4.50. The minimum Gasteiger partial charge on any atom is -0.507 e. The molecule has 5 aromatic carbocycles. The number of nitrogens with one attached hydrogen (secondary N) is 1. The van der Waals surface area contributed by atoms with Crippen LogP contribution in [0.1, 0.15) is 21.5 Å². The normalized spacial score (nSPS) is 11.1. The van der Waals surface area contributed by atoms with Crippen molar-refractivity contribution in [2.75, 3.05) is 0 Å². The Morgan fingerprint density at radius 1 is 0.854 bits per heavy atom. The summed E-state index contributed by atoms with van der Waals surface area (Å²) in [4.78, 5) is 12.9. The first-order valence-electron chi connectivity index (χ1n) is 13.1. The molecule has 200 valence electrons. The molecule has 6 rings (SSSR count). The van der Waals surface area contributed by atoms with E-state index in [1.54, 1.807) is 23.0 Å². The van der Waals surface area contributed by atoms with Gasteiger partial charge in [-0.15, -0.1) is 0 Å². The number of phenols is 1. The van der Waals surface area contributed by atoms with Gasteiger partial charge in [0.15, 0.2) is 0 Å². The quantitative estimate of drug-likeness (QED) is 0.166. The number of rotatable bonds is 8. The van der Waals surface area contributed by atoms with Gasteiger partial charge in [0, 0.05) is 17.3 Å². The topological polar surface area (TPSA) is 88.7 Å². The Balaban J connectivity index is 1.24. The summed E-state index contributed by atoms with van der Waals surface area (Å²) in [6.45, 7) is 0.479. The van der Waals surface area contributed by atoms with Crippen LogP contribution in [-0.2, 0) is 6.61 Å². The van der Waals surface area contributed by atoms with Crippen LogP contribution < -0.4 is 10.2 Å². The van der Waals surface area contributed by atoms with E-state index >= 15 is 0 Å². The number of carbonyl (C=O) groups excluding carboxylic acids is 1. The van der Waals surface area contributed by atoms with Crippen LogP contribution in [0.3, 0.4) is 0 Å². The second-order valence-electron chi connectivity index (χ2n) is 9.43. The summed E-state index contributed by atoms with van der Waals surface area (Å²) in [6, 6.07) is 38.2. The average molecular weight is 539 g/mol. The molecule has 0 fully saturated rings. The molecule has 0 aliphatic rings. The number of amides is 1. The second kappa shape index (κ2) is 11.6. The predicted molar refractivity (Wildman–Crippen MR) is 160 cm³/mol. The standard InChI is InChI=1S/C34H26N4O3/c39-32-20-27-12-8-7-11-26(27)19-31(32)34(40)36-35-21-28-22-38(29-13-5-2-6-14-29)37-33(28)25-15-17-30(18-16-25)41-23-24-9-3-1-4-10-24/h1-22,39H,23H2,(H,36,40)/b35-21+. The van der Waals surface area contributed by atoms with E-state index < -0.39 is 5.91 Å². The summed E-state index contributed by atoms with van der Waals surface area (Å²) >= 11 is 0. The Hall–Kier alpha value is -5.69. The maximum Gasteiger partial charge on any atom is 0.275 e. The molecule has 0 saturated carbocycles. The van der Waals surface area contributed by atoms with Crippen LogP contribution in [-0.4, -0.2) is 27.0 Å². The van der Waals surface area contributed by atoms with Gasteiger partial charge in [-0.25, -0.2) is 10.1 Å². The number of hydrazone groups is 1. The molecule has 0 radical (unpaired) electrons. The lowest BCUT2D eigenvalue weighted by Gasteiger charge is -2.07. The Bertz CT molecular complexity index is 1830. The van der Waals surface area contributed by atoms with Crippen molar-refractivity contribution < 1.29 is 14.6 Å². The van der Waals surface area contributed by atoms with E-state index in [1.807, 2.05) is 115 Å². The van der Waals surface area contributed by atoms with Gasteiger partial charge in [-0.05, 0) is 64.9 Å². The van der Waals surface area contributed by atoms with Crippen molar-refractivity contribution in [3.05, 3.63) is 144 Å². The van der Waals surface area contributed by atoms with Crippen LogP contribution in [0.4, 0.5) is 0 Å². The van der Waals surface area contributed by atoms with Gasteiger partial charge in [-0.1, -0.05) is 72.8 Å². The van der Waals surface area contributed by atoms with Crippen LogP contribution in [0.25, 0.3) is 27.7 Å². The van der Waals surface area contributed by atoms with Crippen LogP contribution >= 0.6 is 0 Å². The first-order valence-corrected chi connectivity index (χ1v) is 13.1. The Morgan fingerprint density at radius 2 is 1.51 bits per heavy atom. The lowest BCUT2D eigenvalue weighted by Crippen LogP contribution is -2.17. The molecule has 0 atom stereocenters. The highest BCUT2D eigenvalue weighted by molar-refractivity contribution is 6.02. The number of fused-ring (bicyclic) bond motifs is 1. The molecule has 0 aliphatic carbocycles. The molecule has 0 saturated heterocycles. The number of aromatic nitrogens is 2. The largest absolute Gasteiger partial charge is 0.507 e. The van der Waals surface area contributed by atoms with Crippen molar-refractivity contribution in [1.29, 1.82) is 0 Å². The van der Waals surface area contributed by atoms with Crippen molar-refractivity contribution in [3.8, 4) is 28.4 Å². The number of benzene rings is 5. The van der Waals surface area contributed by atoms with Crippen molar-refractivity contribution in [3.63, 3.8) is 0 Å². The summed E-state index contributed by atoms with van der Waals surface area (Å²) < 4.78 is 7.71. The molecule has 0 spiro atoms. The highest BCUT2D eigenvalue weighted by Crippen LogP contribution is 2.27. The lowest BCUT2D eigenvalue weighted by molar-refractivity contribution is 0.0952. The highest BCUT2D eigenvalue weighted by Gasteiger charge is 2.14. The van der Waals surface area contributed by atoms with Crippen molar-refractivity contribution in [2.45, 2.75) is 6.61 Å². The van der Waals surface area contributed by atoms with E-state index in [1.165, 1.54) is 0 Å². The average Bonchev–Trinajstić information content (AvgIpc) is 3.45. The summed E-state index contributed by atoms with van der Waals surface area (Å²) in [5.74, 6) is 0.128.